The predicted octanol–water partition coefficient (Wildman–Crippen LogP) is 5.93. The van der Waals surface area contributed by atoms with E-state index in [0.717, 1.165) is 0 Å². The third kappa shape index (κ3) is 8.74. The van der Waals surface area contributed by atoms with Crippen molar-refractivity contribution >= 4 is 52.9 Å². The molecule has 4 rings (SSSR count). The number of carboxylic acids is 1. The third-order valence-electron chi connectivity index (χ3n) is 6.41. The van der Waals surface area contributed by atoms with E-state index in [0.29, 0.717) is 38.9 Å². The summed E-state index contributed by atoms with van der Waals surface area (Å²) >= 11 is 1.26. The van der Waals surface area contributed by atoms with Crippen LogP contribution >= 0.6 is 11.8 Å². The highest BCUT2D eigenvalue weighted by Crippen LogP contribution is 2.32. The highest BCUT2D eigenvalue weighted by atomic mass is 32.2. The number of thioether (sulfide) groups is 1. The van der Waals surface area contributed by atoms with Crippen LogP contribution in [0.2, 0.25) is 0 Å². The number of para-hydroxylation sites is 1. The van der Waals surface area contributed by atoms with E-state index in [1.54, 1.807) is 91.9 Å². The molecule has 0 fully saturated rings. The maximum absolute atomic E-state index is 13.6. The maximum atomic E-state index is 13.6. The van der Waals surface area contributed by atoms with Crippen LogP contribution in [0.1, 0.15) is 33.2 Å². The van der Waals surface area contributed by atoms with Gasteiger partial charge < -0.3 is 30.5 Å². The van der Waals surface area contributed by atoms with Crippen LogP contribution in [-0.4, -0.2) is 48.3 Å². The Morgan fingerprint density at radius 3 is 2.13 bits per heavy atom. The summed E-state index contributed by atoms with van der Waals surface area (Å²) in [6, 6.07) is 26.6. The van der Waals surface area contributed by atoms with Crippen LogP contribution in [0.3, 0.4) is 0 Å². The summed E-state index contributed by atoms with van der Waals surface area (Å²) in [7, 11) is 2.98. The van der Waals surface area contributed by atoms with Gasteiger partial charge in [0.15, 0.2) is 11.5 Å². The minimum Gasteiger partial charge on any atom is -0.493 e. The Bertz CT molecular complexity index is 1740. The molecule has 0 saturated heterocycles. The van der Waals surface area contributed by atoms with Gasteiger partial charge in [0.1, 0.15) is 5.70 Å². The Morgan fingerprint density at radius 2 is 1.44 bits per heavy atom. The number of carbonyl (C=O) groups excluding carboxylic acids is 3. The predicted molar refractivity (Wildman–Crippen MR) is 174 cm³/mol. The molecule has 0 heterocycles. The Balaban J connectivity index is 1.53. The van der Waals surface area contributed by atoms with E-state index in [1.165, 1.54) is 44.2 Å². The number of nitrogens with one attached hydrogen (secondary N) is 3. The Morgan fingerprint density at radius 1 is 0.778 bits per heavy atom. The van der Waals surface area contributed by atoms with Crippen molar-refractivity contribution in [1.82, 2.24) is 5.32 Å². The van der Waals surface area contributed by atoms with E-state index < -0.39 is 23.0 Å². The summed E-state index contributed by atoms with van der Waals surface area (Å²) in [4.78, 5) is 51.4. The van der Waals surface area contributed by atoms with Crippen LogP contribution in [-0.2, 0) is 9.59 Å². The lowest BCUT2D eigenvalue weighted by Gasteiger charge is -2.15. The van der Waals surface area contributed by atoms with Crippen LogP contribution in [0.15, 0.2) is 108 Å². The molecule has 0 radical (unpaired) electrons. The summed E-state index contributed by atoms with van der Waals surface area (Å²) in [6.45, 7) is 1.72. The molecular weight excluding hydrogens is 594 g/mol. The topological polar surface area (TPSA) is 143 Å². The van der Waals surface area contributed by atoms with Gasteiger partial charge in [-0.15, -0.1) is 11.8 Å². The SMILES string of the molecule is COc1cccc(/C=C(/NC(=O)c2ccccc2)C(=O)Nc2cccc(SC(C)C(=O)Nc3cccc(C(=O)O)c3)c2)c1OC. The molecule has 4 N–H and O–H groups in total. The van der Waals surface area contributed by atoms with Crippen molar-refractivity contribution in [2.75, 3.05) is 24.9 Å². The van der Waals surface area contributed by atoms with Gasteiger partial charge in [0.25, 0.3) is 11.8 Å². The molecule has 3 amide bonds. The summed E-state index contributed by atoms with van der Waals surface area (Å²) in [5.41, 5.74) is 1.71. The number of amides is 3. The summed E-state index contributed by atoms with van der Waals surface area (Å²) in [6.07, 6.45) is 1.50. The first-order valence-corrected chi connectivity index (χ1v) is 14.6. The first-order chi connectivity index (χ1) is 21.7. The molecule has 1 unspecified atom stereocenters. The highest BCUT2D eigenvalue weighted by molar-refractivity contribution is 8.00. The van der Waals surface area contributed by atoms with Crippen molar-refractivity contribution in [3.05, 3.63) is 119 Å². The Kier molecular flexibility index (Phi) is 11.0. The first kappa shape index (κ1) is 32.4. The zero-order chi connectivity index (χ0) is 32.3. The number of rotatable bonds is 12. The average Bonchev–Trinajstić information content (AvgIpc) is 3.04. The molecule has 0 aliphatic carbocycles. The van der Waals surface area contributed by atoms with E-state index in [1.807, 2.05) is 0 Å². The van der Waals surface area contributed by atoms with E-state index in [-0.39, 0.29) is 17.2 Å². The van der Waals surface area contributed by atoms with E-state index in [4.69, 9.17) is 9.47 Å². The molecule has 11 heteroatoms. The van der Waals surface area contributed by atoms with Gasteiger partial charge in [-0.05, 0) is 67.6 Å². The van der Waals surface area contributed by atoms with Crippen molar-refractivity contribution in [2.45, 2.75) is 17.1 Å². The third-order valence-corrected chi connectivity index (χ3v) is 7.51. The van der Waals surface area contributed by atoms with Crippen LogP contribution in [0.25, 0.3) is 6.08 Å². The lowest BCUT2D eigenvalue weighted by molar-refractivity contribution is -0.115. The second kappa shape index (κ2) is 15.3. The minimum atomic E-state index is -1.09. The maximum Gasteiger partial charge on any atom is 0.335 e. The number of anilines is 2. The molecule has 0 aliphatic rings. The van der Waals surface area contributed by atoms with Crippen molar-refractivity contribution in [3.63, 3.8) is 0 Å². The first-order valence-electron chi connectivity index (χ1n) is 13.7. The molecule has 4 aromatic carbocycles. The van der Waals surface area contributed by atoms with Gasteiger partial charge in [-0.2, -0.15) is 0 Å². The van der Waals surface area contributed by atoms with Crippen LogP contribution in [0.4, 0.5) is 11.4 Å². The van der Waals surface area contributed by atoms with Gasteiger partial charge in [0.2, 0.25) is 5.91 Å². The zero-order valence-electron chi connectivity index (χ0n) is 24.7. The van der Waals surface area contributed by atoms with E-state index in [9.17, 15) is 24.3 Å². The van der Waals surface area contributed by atoms with Crippen molar-refractivity contribution in [3.8, 4) is 11.5 Å². The van der Waals surface area contributed by atoms with E-state index in [2.05, 4.69) is 16.0 Å². The second-order valence-electron chi connectivity index (χ2n) is 9.58. The number of methoxy groups -OCH3 is 2. The molecule has 10 nitrogen and oxygen atoms in total. The zero-order valence-corrected chi connectivity index (χ0v) is 25.5. The quantitative estimate of drug-likeness (QED) is 0.112. The lowest BCUT2D eigenvalue weighted by atomic mass is 10.1. The minimum absolute atomic E-state index is 0.0372. The molecule has 230 valence electrons. The van der Waals surface area contributed by atoms with Gasteiger partial charge in [-0.25, -0.2) is 4.79 Å². The number of ether oxygens (including phenoxy) is 2. The summed E-state index contributed by atoms with van der Waals surface area (Å²) < 4.78 is 10.9. The fourth-order valence-corrected chi connectivity index (χ4v) is 5.13. The van der Waals surface area contributed by atoms with E-state index >= 15 is 0 Å². The summed E-state index contributed by atoms with van der Waals surface area (Å²) in [5, 5.41) is 16.9. The van der Waals surface area contributed by atoms with Gasteiger partial charge in [0.05, 0.1) is 25.0 Å². The molecule has 45 heavy (non-hydrogen) atoms. The number of aromatic carboxylic acids is 1. The van der Waals surface area contributed by atoms with Crippen molar-refractivity contribution in [1.29, 1.82) is 0 Å². The molecule has 4 aromatic rings. The second-order valence-corrected chi connectivity index (χ2v) is 11.0. The Hall–Kier alpha value is -5.55. The van der Waals surface area contributed by atoms with Crippen molar-refractivity contribution < 1.29 is 33.8 Å². The fourth-order valence-electron chi connectivity index (χ4n) is 4.20. The molecule has 1 atom stereocenters. The molecule has 0 aliphatic heterocycles. The van der Waals surface area contributed by atoms with Crippen molar-refractivity contribution in [2.24, 2.45) is 0 Å². The molecule has 0 aromatic heterocycles. The summed E-state index contributed by atoms with van der Waals surface area (Å²) in [5.74, 6) is -1.63. The van der Waals surface area contributed by atoms with Crippen LogP contribution in [0.5, 0.6) is 11.5 Å². The highest BCUT2D eigenvalue weighted by Gasteiger charge is 2.19. The number of benzene rings is 4. The molecular formula is C34H31N3O7S. The Labute approximate surface area is 264 Å². The number of carboxylic acid groups (broad SMARTS) is 1. The molecule has 0 spiro atoms. The van der Waals surface area contributed by atoms with Gasteiger partial charge in [-0.3, -0.25) is 14.4 Å². The standard InChI is InChI=1S/C34H31N3O7S/c1-21(31(38)35-25-14-7-13-24(18-25)34(41)42)45-27-16-9-15-26(20-27)36-33(40)28(37-32(39)22-10-5-4-6-11-22)19-23-12-8-17-29(43-2)30(23)44-3/h4-21H,1-3H3,(H,35,38)(H,36,40)(H,37,39)(H,41,42)/b28-19+. The fraction of sp³-hybridized carbons (Fsp3) is 0.118. The van der Waals surface area contributed by atoms with Gasteiger partial charge >= 0.3 is 5.97 Å². The number of carbonyl (C=O) groups is 4. The van der Waals surface area contributed by atoms with Gasteiger partial charge in [0, 0.05) is 27.4 Å². The van der Waals surface area contributed by atoms with Crippen LogP contribution < -0.4 is 25.4 Å². The molecule has 0 bridgehead atoms. The number of hydrogen-bond donors (Lipinski definition) is 4. The number of hydrogen-bond acceptors (Lipinski definition) is 7. The largest absolute Gasteiger partial charge is 0.493 e. The molecule has 0 saturated carbocycles. The normalized spacial score (nSPS) is 11.6. The van der Waals surface area contributed by atoms with Gasteiger partial charge in [-0.1, -0.05) is 42.5 Å². The smallest absolute Gasteiger partial charge is 0.335 e. The monoisotopic (exact) mass is 625 g/mol. The average molecular weight is 626 g/mol. The van der Waals surface area contributed by atoms with Crippen LogP contribution in [0, 0.1) is 0 Å². The lowest BCUT2D eigenvalue weighted by Crippen LogP contribution is -2.30.